The molecule has 0 bridgehead atoms. The third-order valence-corrected chi connectivity index (χ3v) is 6.74. The van der Waals surface area contributed by atoms with Gasteiger partial charge in [-0.05, 0) is 32.0 Å². The smallest absolute Gasteiger partial charge is 0.183 e. The second kappa shape index (κ2) is 6.87. The van der Waals surface area contributed by atoms with Crippen molar-refractivity contribution in [3.8, 4) is 0 Å². The molecule has 1 unspecified atom stereocenters. The van der Waals surface area contributed by atoms with Gasteiger partial charge in [-0.2, -0.15) is 0 Å². The summed E-state index contributed by atoms with van der Waals surface area (Å²) in [5, 5.41) is -0.758. The van der Waals surface area contributed by atoms with Gasteiger partial charge >= 0.3 is 0 Å². The topological polar surface area (TPSA) is 43.4 Å². The molecule has 0 spiro atoms. The predicted octanol–water partition coefficient (Wildman–Crippen LogP) is 3.33. The highest BCUT2D eigenvalue weighted by atomic mass is 32.2. The van der Waals surface area contributed by atoms with Crippen molar-refractivity contribution >= 4 is 17.9 Å². The molecule has 5 heteroatoms. The molecule has 113 valence electrons. The van der Waals surface area contributed by atoms with Gasteiger partial charge in [0.1, 0.15) is 0 Å². The first-order valence-corrected chi connectivity index (χ1v) is 12.1. The van der Waals surface area contributed by atoms with E-state index in [0.717, 1.165) is 11.6 Å². The molecule has 0 heterocycles. The Hall–Kier alpha value is -0.653. The van der Waals surface area contributed by atoms with Crippen LogP contribution in [0.3, 0.4) is 0 Å². The van der Waals surface area contributed by atoms with Crippen molar-refractivity contribution in [3.63, 3.8) is 0 Å². The van der Waals surface area contributed by atoms with Gasteiger partial charge in [-0.3, -0.25) is 0 Å². The minimum Gasteiger partial charge on any atom is -0.380 e. The van der Waals surface area contributed by atoms with E-state index in [-0.39, 0.29) is 6.61 Å². The lowest BCUT2D eigenvalue weighted by Crippen LogP contribution is -2.26. The highest BCUT2D eigenvalue weighted by Crippen LogP contribution is 2.17. The average Bonchev–Trinajstić information content (AvgIpc) is 2.33. The summed E-state index contributed by atoms with van der Waals surface area (Å²) in [6.07, 6.45) is 0. The Morgan fingerprint density at radius 2 is 1.75 bits per heavy atom. The molecule has 1 aromatic carbocycles. The molecule has 0 amide bonds. The molecule has 0 N–H and O–H groups in total. The second-order valence-electron chi connectivity index (χ2n) is 6.37. The highest BCUT2D eigenvalue weighted by Gasteiger charge is 2.23. The quantitative estimate of drug-likeness (QED) is 0.573. The van der Waals surface area contributed by atoms with E-state index >= 15 is 0 Å². The monoisotopic (exact) mass is 313 g/mol. The van der Waals surface area contributed by atoms with Crippen LogP contribution in [-0.2, 0) is 14.6 Å². The molecule has 0 aliphatic heterocycles. The molecule has 1 aromatic rings. The van der Waals surface area contributed by atoms with Crippen molar-refractivity contribution < 1.29 is 13.2 Å². The summed E-state index contributed by atoms with van der Waals surface area (Å²) >= 11 is 0. The van der Waals surface area contributed by atoms with Gasteiger partial charge in [-0.15, -0.1) is 0 Å². The normalized spacial score (nSPS) is 14.2. The second-order valence-corrected chi connectivity index (χ2v) is 14.2. The predicted molar refractivity (Wildman–Crippen MR) is 86.5 cm³/mol. The number of hydrogen-bond donors (Lipinski definition) is 0. The van der Waals surface area contributed by atoms with Crippen LogP contribution in [0.1, 0.15) is 5.56 Å². The molecule has 0 aromatic heterocycles. The lowest BCUT2D eigenvalue weighted by atomic mass is 10.2. The van der Waals surface area contributed by atoms with E-state index in [2.05, 4.69) is 26.6 Å². The summed E-state index contributed by atoms with van der Waals surface area (Å²) in [7, 11) is -4.54. The zero-order valence-corrected chi connectivity index (χ0v) is 14.7. The summed E-state index contributed by atoms with van der Waals surface area (Å²) in [6, 6.07) is 7.89. The highest BCUT2D eigenvalue weighted by molar-refractivity contribution is 7.92. The fourth-order valence-corrected chi connectivity index (χ4v) is 3.54. The molecular formula is C15H25O3SSi. The Labute approximate surface area is 124 Å². The summed E-state index contributed by atoms with van der Waals surface area (Å²) in [4.78, 5) is 0.317. The van der Waals surface area contributed by atoms with Crippen molar-refractivity contribution in [1.82, 2.24) is 0 Å². The maximum atomic E-state index is 12.3. The maximum Gasteiger partial charge on any atom is 0.183 e. The van der Waals surface area contributed by atoms with Gasteiger partial charge in [0.05, 0.1) is 16.8 Å². The molecule has 3 nitrogen and oxygen atoms in total. The Morgan fingerprint density at radius 1 is 1.20 bits per heavy atom. The molecule has 1 rings (SSSR count). The Kier molecular flexibility index (Phi) is 5.98. The Morgan fingerprint density at radius 3 is 2.25 bits per heavy atom. The zero-order chi connectivity index (χ0) is 15.4. The maximum absolute atomic E-state index is 12.3. The largest absolute Gasteiger partial charge is 0.380 e. The first-order chi connectivity index (χ1) is 9.13. The van der Waals surface area contributed by atoms with Gasteiger partial charge in [-0.25, -0.2) is 8.42 Å². The van der Waals surface area contributed by atoms with Crippen LogP contribution in [0, 0.1) is 13.8 Å². The number of hydrogen-bond acceptors (Lipinski definition) is 3. The summed E-state index contributed by atoms with van der Waals surface area (Å²) in [6.45, 7) is 13.2. The first kappa shape index (κ1) is 17.4. The third kappa shape index (κ3) is 5.38. The molecule has 0 aliphatic rings. The number of rotatable bonds is 7. The molecule has 1 radical (unpaired) electrons. The third-order valence-electron chi connectivity index (χ3n) is 3.09. The molecule has 0 fully saturated rings. The van der Waals surface area contributed by atoms with Crippen LogP contribution in [0.2, 0.25) is 25.7 Å². The van der Waals surface area contributed by atoms with Crippen LogP contribution >= 0.6 is 0 Å². The van der Waals surface area contributed by atoms with Crippen LogP contribution in [0.15, 0.2) is 29.2 Å². The lowest BCUT2D eigenvalue weighted by Gasteiger charge is -2.17. The molecule has 0 saturated heterocycles. The molecular weight excluding hydrogens is 288 g/mol. The van der Waals surface area contributed by atoms with E-state index in [0.29, 0.717) is 11.5 Å². The SMILES string of the molecule is [CH2]C(COCC[Si](C)(C)C)S(=O)(=O)c1ccc(C)cc1. The van der Waals surface area contributed by atoms with E-state index < -0.39 is 23.2 Å². The Bertz CT molecular complexity index is 515. The number of aryl methyl sites for hydroxylation is 1. The Balaban J connectivity index is 2.57. The fraction of sp³-hybridized carbons (Fsp3) is 0.533. The van der Waals surface area contributed by atoms with Crippen LogP contribution in [-0.4, -0.2) is 35.0 Å². The molecule has 0 aliphatic carbocycles. The van der Waals surface area contributed by atoms with E-state index in [1.165, 1.54) is 0 Å². The van der Waals surface area contributed by atoms with Gasteiger partial charge in [0.2, 0.25) is 0 Å². The van der Waals surface area contributed by atoms with E-state index in [9.17, 15) is 8.42 Å². The van der Waals surface area contributed by atoms with E-state index in [1.54, 1.807) is 24.3 Å². The van der Waals surface area contributed by atoms with Gasteiger partial charge < -0.3 is 4.74 Å². The van der Waals surface area contributed by atoms with Crippen molar-refractivity contribution in [3.05, 3.63) is 36.8 Å². The van der Waals surface area contributed by atoms with Crippen molar-refractivity contribution in [2.24, 2.45) is 0 Å². The molecule has 20 heavy (non-hydrogen) atoms. The van der Waals surface area contributed by atoms with Gasteiger partial charge in [0.25, 0.3) is 0 Å². The molecule has 1 atom stereocenters. The van der Waals surface area contributed by atoms with Crippen LogP contribution < -0.4 is 0 Å². The fourth-order valence-electron chi connectivity index (χ4n) is 1.60. The first-order valence-electron chi connectivity index (χ1n) is 6.84. The number of sulfone groups is 1. The van der Waals surface area contributed by atoms with Gasteiger partial charge in [0, 0.05) is 14.7 Å². The standard InChI is InChI=1S/C15H25O3SSi/c1-13-6-8-15(9-7-13)19(16,17)14(2)12-18-10-11-20(3,4)5/h6-9,14H,2,10-12H2,1,3-5H3. The average molecular weight is 314 g/mol. The minimum absolute atomic E-state index is 0.153. The number of benzene rings is 1. The summed E-state index contributed by atoms with van der Waals surface area (Å²) in [5.41, 5.74) is 1.04. The van der Waals surface area contributed by atoms with Crippen molar-refractivity contribution in [2.75, 3.05) is 13.2 Å². The van der Waals surface area contributed by atoms with Crippen LogP contribution in [0.5, 0.6) is 0 Å². The number of ether oxygens (including phenoxy) is 1. The summed E-state index contributed by atoms with van der Waals surface area (Å²) in [5.74, 6) is 0. The van der Waals surface area contributed by atoms with Gasteiger partial charge in [-0.1, -0.05) is 37.3 Å². The van der Waals surface area contributed by atoms with Gasteiger partial charge in [0.15, 0.2) is 9.84 Å². The van der Waals surface area contributed by atoms with Crippen molar-refractivity contribution in [2.45, 2.75) is 42.8 Å². The summed E-state index contributed by atoms with van der Waals surface area (Å²) < 4.78 is 30.1. The van der Waals surface area contributed by atoms with Crippen LogP contribution in [0.25, 0.3) is 0 Å². The van der Waals surface area contributed by atoms with E-state index in [4.69, 9.17) is 4.74 Å². The lowest BCUT2D eigenvalue weighted by molar-refractivity contribution is 0.152. The van der Waals surface area contributed by atoms with Crippen LogP contribution in [0.4, 0.5) is 0 Å². The minimum atomic E-state index is -3.40. The van der Waals surface area contributed by atoms with Crippen molar-refractivity contribution in [1.29, 1.82) is 0 Å². The van der Waals surface area contributed by atoms with E-state index in [1.807, 2.05) is 6.92 Å². The zero-order valence-electron chi connectivity index (χ0n) is 12.8. The molecule has 0 saturated carbocycles.